The van der Waals surface area contributed by atoms with Crippen molar-refractivity contribution in [1.29, 1.82) is 0 Å². The Bertz CT molecular complexity index is 1320. The number of hydrogen-bond acceptors (Lipinski definition) is 3. The zero-order valence-corrected chi connectivity index (χ0v) is 18.7. The third kappa shape index (κ3) is 3.48. The number of amides is 2. The molecule has 0 spiro atoms. The van der Waals surface area contributed by atoms with Gasteiger partial charge in [0.1, 0.15) is 17.1 Å². The first-order valence-electron chi connectivity index (χ1n) is 10.7. The summed E-state index contributed by atoms with van der Waals surface area (Å²) < 4.78 is 42.0. The zero-order chi connectivity index (χ0) is 24.6. The predicted molar refractivity (Wildman–Crippen MR) is 118 cm³/mol. The van der Waals surface area contributed by atoms with E-state index in [1.807, 2.05) is 0 Å². The number of fused-ring (bicyclic) bond motifs is 3. The average molecular weight is 490 g/mol. The highest BCUT2D eigenvalue weighted by Gasteiger charge is 2.57. The fraction of sp³-hybridized carbons (Fsp3) is 0.375. The van der Waals surface area contributed by atoms with Gasteiger partial charge in [-0.15, -0.1) is 6.42 Å². The molecule has 0 unspecified atom stereocenters. The smallest absolute Gasteiger partial charge is 0.293 e. The fourth-order valence-corrected chi connectivity index (χ4v) is 5.32. The molecule has 176 valence electrons. The van der Waals surface area contributed by atoms with Crippen molar-refractivity contribution in [2.75, 3.05) is 5.32 Å². The molecule has 2 atom stereocenters. The lowest BCUT2D eigenvalue weighted by molar-refractivity contribution is -0.133. The highest BCUT2D eigenvalue weighted by molar-refractivity contribution is 6.44. The van der Waals surface area contributed by atoms with Gasteiger partial charge in [0.05, 0.1) is 10.6 Å². The number of Topliss-reactive ketones (excluding diaryl/α,β-unsaturated/α-hetero) is 1. The van der Waals surface area contributed by atoms with Crippen LogP contribution in [-0.4, -0.2) is 33.6 Å². The summed E-state index contributed by atoms with van der Waals surface area (Å²) in [5.41, 5.74) is -0.125. The van der Waals surface area contributed by atoms with E-state index in [9.17, 15) is 27.6 Å². The molecule has 2 aliphatic carbocycles. The third-order valence-corrected chi connectivity index (χ3v) is 7.09. The van der Waals surface area contributed by atoms with Gasteiger partial charge < -0.3 is 15.2 Å². The highest BCUT2D eigenvalue weighted by atomic mass is 35.5. The van der Waals surface area contributed by atoms with Gasteiger partial charge >= 0.3 is 0 Å². The largest absolute Gasteiger partial charge is 0.336 e. The molecule has 2 saturated carbocycles. The average Bonchev–Trinajstić information content (AvgIpc) is 3.32. The molecule has 3 aliphatic rings. The molecular weight excluding hydrogens is 471 g/mol. The Hall–Kier alpha value is -3.25. The number of nitrogens with zero attached hydrogens (tertiary/aromatic N) is 1. The van der Waals surface area contributed by atoms with Crippen LogP contribution in [0.2, 0.25) is 5.02 Å². The SMILES string of the molecule is C#CC1(NC(=O)C(=O)c2c(C)c(C(=O)Nc3ccc(F)c(Cl)c3)n3c2C[C@H]2C[C@H]23)CC(F)(F)C1. The van der Waals surface area contributed by atoms with E-state index in [2.05, 4.69) is 16.6 Å². The van der Waals surface area contributed by atoms with E-state index < -0.39 is 47.7 Å². The van der Waals surface area contributed by atoms with Crippen molar-refractivity contribution < 1.29 is 27.6 Å². The van der Waals surface area contributed by atoms with E-state index >= 15 is 0 Å². The molecule has 5 rings (SSSR count). The molecule has 2 heterocycles. The Kier molecular flexibility index (Phi) is 4.89. The number of halogens is 4. The number of hydrogen-bond donors (Lipinski definition) is 2. The molecule has 2 fully saturated rings. The van der Waals surface area contributed by atoms with Gasteiger partial charge in [-0.1, -0.05) is 17.5 Å². The van der Waals surface area contributed by atoms with Crippen LogP contribution >= 0.6 is 11.6 Å². The maximum atomic E-state index is 13.5. The number of rotatable bonds is 5. The maximum absolute atomic E-state index is 13.5. The quantitative estimate of drug-likeness (QED) is 0.377. The normalized spacial score (nSPS) is 22.6. The minimum atomic E-state index is -2.99. The maximum Gasteiger partial charge on any atom is 0.293 e. The molecule has 1 aromatic heterocycles. The number of nitrogens with one attached hydrogen (secondary N) is 2. The lowest BCUT2D eigenvalue weighted by Gasteiger charge is -2.43. The summed E-state index contributed by atoms with van der Waals surface area (Å²) in [6.07, 6.45) is 5.26. The second-order valence-corrected chi connectivity index (χ2v) is 9.64. The summed E-state index contributed by atoms with van der Waals surface area (Å²) in [7, 11) is 0. The van der Waals surface area contributed by atoms with E-state index in [1.54, 1.807) is 11.5 Å². The minimum absolute atomic E-state index is 0.0400. The number of ketones is 1. The Balaban J connectivity index is 1.45. The van der Waals surface area contributed by atoms with Gasteiger partial charge in [-0.2, -0.15) is 0 Å². The number of carbonyl (C=O) groups excluding carboxylic acids is 3. The number of alkyl halides is 2. The van der Waals surface area contributed by atoms with Gasteiger partial charge in [0.25, 0.3) is 23.5 Å². The lowest BCUT2D eigenvalue weighted by atomic mass is 9.74. The molecule has 0 bridgehead atoms. The highest BCUT2D eigenvalue weighted by Crippen LogP contribution is 2.54. The second kappa shape index (κ2) is 7.37. The van der Waals surface area contributed by atoms with Crippen molar-refractivity contribution in [3.8, 4) is 12.3 Å². The van der Waals surface area contributed by atoms with Crippen molar-refractivity contribution in [2.45, 2.75) is 50.1 Å². The molecule has 2 N–H and O–H groups in total. The van der Waals surface area contributed by atoms with Crippen LogP contribution in [0.15, 0.2) is 18.2 Å². The fourth-order valence-electron chi connectivity index (χ4n) is 5.14. The first-order valence-corrected chi connectivity index (χ1v) is 11.1. The molecule has 0 radical (unpaired) electrons. The van der Waals surface area contributed by atoms with Gasteiger partial charge in [-0.05, 0) is 49.4 Å². The number of benzene rings is 1. The third-order valence-electron chi connectivity index (χ3n) is 6.80. The van der Waals surface area contributed by atoms with Crippen LogP contribution in [-0.2, 0) is 11.2 Å². The number of terminal acetylenes is 1. The Morgan fingerprint density at radius 2 is 1.97 bits per heavy atom. The van der Waals surface area contributed by atoms with E-state index in [-0.39, 0.29) is 33.9 Å². The topological polar surface area (TPSA) is 80.2 Å². The van der Waals surface area contributed by atoms with Crippen molar-refractivity contribution in [3.63, 3.8) is 0 Å². The lowest BCUT2D eigenvalue weighted by Crippen LogP contribution is -2.62. The summed E-state index contributed by atoms with van der Waals surface area (Å²) in [6, 6.07) is 3.79. The van der Waals surface area contributed by atoms with Crippen molar-refractivity contribution in [1.82, 2.24) is 9.88 Å². The molecular formula is C24H19ClF3N3O3. The second-order valence-electron chi connectivity index (χ2n) is 9.23. The van der Waals surface area contributed by atoms with Crippen LogP contribution in [0.1, 0.15) is 57.4 Å². The van der Waals surface area contributed by atoms with Crippen LogP contribution in [0.4, 0.5) is 18.9 Å². The zero-order valence-electron chi connectivity index (χ0n) is 18.0. The number of aromatic nitrogens is 1. The van der Waals surface area contributed by atoms with Crippen molar-refractivity contribution >= 4 is 34.9 Å². The Morgan fingerprint density at radius 1 is 1.26 bits per heavy atom. The van der Waals surface area contributed by atoms with E-state index in [4.69, 9.17) is 18.0 Å². The van der Waals surface area contributed by atoms with E-state index in [0.717, 1.165) is 12.5 Å². The first kappa shape index (κ1) is 22.5. The van der Waals surface area contributed by atoms with Gasteiger partial charge in [-0.25, -0.2) is 13.2 Å². The standard InChI is InChI=1S/C24H19ClF3N3O3/c1-3-23(9-24(27,28)10-23)30-22(34)20(32)18-11(2)19(31-16-6-12(16)7-17(18)31)21(33)29-13-4-5-15(26)14(25)8-13/h1,4-5,8,12,16H,6-7,9-10H2,2H3,(H,29,33)(H,30,34)/t12-,16-/m1/s1. The summed E-state index contributed by atoms with van der Waals surface area (Å²) in [6.45, 7) is 1.56. The van der Waals surface area contributed by atoms with Gasteiger partial charge in [0.2, 0.25) is 0 Å². The molecule has 10 heteroatoms. The van der Waals surface area contributed by atoms with Gasteiger partial charge in [-0.3, -0.25) is 14.4 Å². The summed E-state index contributed by atoms with van der Waals surface area (Å²) in [5, 5.41) is 4.80. The van der Waals surface area contributed by atoms with Crippen molar-refractivity contribution in [3.05, 3.63) is 51.6 Å². The van der Waals surface area contributed by atoms with Crippen LogP contribution in [0.25, 0.3) is 0 Å². The predicted octanol–water partition coefficient (Wildman–Crippen LogP) is 4.06. The van der Waals surface area contributed by atoms with Crippen LogP contribution in [0.3, 0.4) is 0 Å². The van der Waals surface area contributed by atoms with Crippen LogP contribution < -0.4 is 10.6 Å². The molecule has 2 amide bonds. The van der Waals surface area contributed by atoms with E-state index in [0.29, 0.717) is 17.7 Å². The van der Waals surface area contributed by atoms with Crippen molar-refractivity contribution in [2.24, 2.45) is 5.92 Å². The monoisotopic (exact) mass is 489 g/mol. The summed E-state index contributed by atoms with van der Waals surface area (Å²) in [5.74, 6) is -3.72. The molecule has 2 aromatic rings. The molecule has 34 heavy (non-hydrogen) atoms. The molecule has 6 nitrogen and oxygen atoms in total. The molecule has 1 aromatic carbocycles. The molecule has 1 aliphatic heterocycles. The number of carbonyl (C=O) groups is 3. The van der Waals surface area contributed by atoms with Gasteiger partial charge in [0, 0.05) is 30.3 Å². The molecule has 0 saturated heterocycles. The van der Waals surface area contributed by atoms with Crippen LogP contribution in [0, 0.1) is 31.0 Å². The summed E-state index contributed by atoms with van der Waals surface area (Å²) in [4.78, 5) is 39.1. The van der Waals surface area contributed by atoms with E-state index in [1.165, 1.54) is 12.1 Å². The van der Waals surface area contributed by atoms with Gasteiger partial charge in [0.15, 0.2) is 0 Å². The minimum Gasteiger partial charge on any atom is -0.336 e. The Labute approximate surface area is 197 Å². The first-order chi connectivity index (χ1) is 15.9. The van der Waals surface area contributed by atoms with Crippen LogP contribution in [0.5, 0.6) is 0 Å². The Morgan fingerprint density at radius 3 is 2.59 bits per heavy atom. The number of anilines is 1. The summed E-state index contributed by atoms with van der Waals surface area (Å²) >= 11 is 5.80.